The van der Waals surface area contributed by atoms with Crippen LogP contribution in [0.2, 0.25) is 4.34 Å². The van der Waals surface area contributed by atoms with Gasteiger partial charge in [-0.1, -0.05) is 103 Å². The number of nitriles is 2. The van der Waals surface area contributed by atoms with E-state index in [9.17, 15) is 38.1 Å². The average Bonchev–Trinajstić information content (AvgIpc) is 0.886. The van der Waals surface area contributed by atoms with E-state index in [1.807, 2.05) is 103 Å². The van der Waals surface area contributed by atoms with Crippen molar-refractivity contribution in [3.8, 4) is 61.7 Å². The molecule has 0 aliphatic carbocycles. The van der Waals surface area contributed by atoms with Gasteiger partial charge in [0.1, 0.15) is 39.8 Å². The number of aromatic nitrogens is 1. The molecule has 4 atom stereocenters. The highest BCUT2D eigenvalue weighted by Gasteiger charge is 2.45. The highest BCUT2D eigenvalue weighted by atomic mass is 35.5. The second kappa shape index (κ2) is 28.1. The lowest BCUT2D eigenvalue weighted by Gasteiger charge is -2.34. The lowest BCUT2D eigenvalue weighted by Crippen LogP contribution is -2.50. The fourth-order valence-electron chi connectivity index (χ4n) is 11.2. The predicted octanol–water partition coefficient (Wildman–Crippen LogP) is 8.64. The summed E-state index contributed by atoms with van der Waals surface area (Å²) in [7, 11) is -6.94. The van der Waals surface area contributed by atoms with E-state index in [2.05, 4.69) is 31.0 Å². The minimum atomic E-state index is -3.58. The lowest BCUT2D eigenvalue weighted by atomic mass is 9.91. The Bertz CT molecular complexity index is 5180. The normalized spacial score (nSPS) is 22.4. The molecule has 12 rings (SSSR count). The molecule has 8 N–H and O–H groups in total. The fourth-order valence-corrected chi connectivity index (χ4v) is 18.6. The summed E-state index contributed by atoms with van der Waals surface area (Å²) < 4.78 is 122. The number of hydrogen-bond donors (Lipinski definition) is 4. The molecule has 0 fully saturated rings. The van der Waals surface area contributed by atoms with E-state index < -0.39 is 62.2 Å². The molecule has 0 saturated carbocycles. The third-order valence-electron chi connectivity index (χ3n) is 17.0. The highest BCUT2D eigenvalue weighted by molar-refractivity contribution is 7.90. The summed E-state index contributed by atoms with van der Waals surface area (Å²) in [5.41, 5.74) is 29.1. The Morgan fingerprint density at radius 3 is 1.20 bits per heavy atom. The van der Waals surface area contributed by atoms with Crippen molar-refractivity contribution < 1.29 is 42.8 Å². The van der Waals surface area contributed by atoms with Crippen LogP contribution in [0.4, 0.5) is 4.39 Å². The Labute approximate surface area is 584 Å². The molecule has 0 saturated heterocycles. The lowest BCUT2D eigenvalue weighted by molar-refractivity contribution is 0.415. The van der Waals surface area contributed by atoms with Gasteiger partial charge in [-0.05, 0) is 144 Å². The third-order valence-corrected chi connectivity index (χ3v) is 26.2. The van der Waals surface area contributed by atoms with Gasteiger partial charge in [-0.25, -0.2) is 75.3 Å². The van der Waals surface area contributed by atoms with Gasteiger partial charge in [0.25, 0.3) is 0 Å². The largest absolute Gasteiger partial charge is 0.497 e. The zero-order chi connectivity index (χ0) is 72.4. The number of pyridine rings is 1. The molecule has 4 aliphatic heterocycles. The molecule has 6 heterocycles. The number of nitrogens with two attached hydrogens (primary N) is 4. The average molecular weight is 1460 g/mol. The molecule has 31 heteroatoms. The van der Waals surface area contributed by atoms with Gasteiger partial charge >= 0.3 is 0 Å². The van der Waals surface area contributed by atoms with Gasteiger partial charge in [0.2, 0.25) is 63.9 Å². The van der Waals surface area contributed by atoms with Crippen LogP contribution in [0, 0.1) is 28.5 Å². The molecule has 99 heavy (non-hydrogen) atoms. The van der Waals surface area contributed by atoms with Gasteiger partial charge in [0, 0.05) is 56.6 Å². The summed E-state index contributed by atoms with van der Waals surface area (Å²) in [6.45, 7) is 6.96. The quantitative estimate of drug-likeness (QED) is 0.105. The van der Waals surface area contributed by atoms with Crippen LogP contribution < -0.4 is 27.7 Å². The molecule has 24 nitrogen and oxygen atoms in total. The number of rotatable bonds is 9. The van der Waals surface area contributed by atoms with Gasteiger partial charge < -0.3 is 27.7 Å². The Kier molecular flexibility index (Phi) is 20.8. The van der Waals surface area contributed by atoms with Crippen LogP contribution in [0.15, 0.2) is 190 Å². The van der Waals surface area contributed by atoms with Crippen molar-refractivity contribution in [3.63, 3.8) is 0 Å². The Balaban J connectivity index is 0.000000154. The predicted molar refractivity (Wildman–Crippen MR) is 386 cm³/mol. The second-order valence-corrected chi connectivity index (χ2v) is 34.1. The first-order chi connectivity index (χ1) is 46.4. The van der Waals surface area contributed by atoms with Crippen molar-refractivity contribution in [2.45, 2.75) is 49.9 Å². The van der Waals surface area contributed by atoms with Crippen LogP contribution in [0.25, 0.3) is 43.8 Å². The first-order valence-electron chi connectivity index (χ1n) is 30.0. The van der Waals surface area contributed by atoms with Gasteiger partial charge in [-0.3, -0.25) is 4.98 Å². The molecule has 0 spiro atoms. The van der Waals surface area contributed by atoms with E-state index in [0.29, 0.717) is 32.2 Å². The molecule has 0 radical (unpaired) electrons. The molecule has 0 amide bonds. The smallest absolute Gasteiger partial charge is 0.239 e. The summed E-state index contributed by atoms with van der Waals surface area (Å²) >= 11 is 7.66. The Hall–Kier alpha value is -9.95. The first kappa shape index (κ1) is 73.3. The van der Waals surface area contributed by atoms with Crippen LogP contribution in [0.5, 0.6) is 5.75 Å². The molecule has 0 unspecified atom stereocenters. The van der Waals surface area contributed by atoms with E-state index >= 15 is 0 Å². The topological polar surface area (TPSA) is 373 Å². The zero-order valence-corrected chi connectivity index (χ0v) is 60.0. The number of halogens is 2. The van der Waals surface area contributed by atoms with Gasteiger partial charge in [-0.2, -0.15) is 10.5 Å². The monoisotopic (exact) mass is 1460 g/mol. The van der Waals surface area contributed by atoms with Crippen LogP contribution in [0.3, 0.4) is 0 Å². The molecule has 6 aromatic carbocycles. The molecule has 4 aliphatic rings. The minimum Gasteiger partial charge on any atom is -0.497 e. The SMILES string of the molecule is CN1C(N)=N[C@](C)(c2cc(-c3cncc(C#N)c3)sc2Cl)CS1(=O)=O.CN1C(N)=N[C@](C)(c2cccc(-c3cccc(C#N)c3)c2)CS1(=O)=O.CN1C(N)=N[C@](C)(c2cccc(-c3cccc(F)c3)c2)CS1(=O)=O.COc1cccc(-c2cccc([C@]3(C)CS(=O)(=O)N(C)C(N)=N3)c2)c1. The van der Waals surface area contributed by atoms with Gasteiger partial charge in [-0.15, -0.1) is 11.3 Å². The van der Waals surface area contributed by atoms with Crippen LogP contribution >= 0.6 is 22.9 Å². The number of hydrogen-bond acceptors (Lipinski definition) is 21. The number of nitrogens with zero attached hydrogens (tertiary/aromatic N) is 11. The van der Waals surface area contributed by atoms with E-state index in [-0.39, 0.29) is 52.7 Å². The van der Waals surface area contributed by atoms with Crippen molar-refractivity contribution in [1.82, 2.24) is 22.2 Å². The van der Waals surface area contributed by atoms with E-state index in [0.717, 1.165) is 72.4 Å². The second-order valence-electron chi connectivity index (χ2n) is 24.4. The molecule has 516 valence electrons. The summed E-state index contributed by atoms with van der Waals surface area (Å²) in [5.74, 6) is -0.395. The zero-order valence-electron chi connectivity index (χ0n) is 55.2. The van der Waals surface area contributed by atoms with Crippen molar-refractivity contribution in [2.24, 2.45) is 42.9 Å². The van der Waals surface area contributed by atoms with Crippen molar-refractivity contribution in [3.05, 3.63) is 214 Å². The van der Waals surface area contributed by atoms with Crippen molar-refractivity contribution in [1.29, 1.82) is 10.5 Å². The number of methoxy groups -OCH3 is 1. The molecular formula is C68H71ClFN15O9S5. The highest BCUT2D eigenvalue weighted by Crippen LogP contribution is 2.44. The fraction of sp³-hybridized carbons (Fsp3) is 0.250. The molecule has 8 aromatic rings. The number of aliphatic imine (C=N–C) groups is 4. The van der Waals surface area contributed by atoms with Crippen LogP contribution in [-0.4, -0.2) is 138 Å². The molecule has 2 aromatic heterocycles. The van der Waals surface area contributed by atoms with Gasteiger partial charge in [0.15, 0.2) is 0 Å². The first-order valence-corrected chi connectivity index (χ1v) is 37.7. The number of benzene rings is 6. The molecular weight excluding hydrogens is 1390 g/mol. The third kappa shape index (κ3) is 16.0. The maximum atomic E-state index is 13.5. The molecule has 0 bridgehead atoms. The number of sulfonamides is 4. The van der Waals surface area contributed by atoms with E-state index in [1.165, 1.54) is 57.9 Å². The van der Waals surface area contributed by atoms with E-state index in [4.69, 9.17) is 49.8 Å². The standard InChI is InChI=1S/C18H18N4O2S.C18H21N3O3S.C17H18FN3O2S.C15H14ClN5O2S2/c1-18(12-25(23,24)22(2)17(20)21-18)16-8-4-7-15(10-16)14-6-3-5-13(9-14)11-19;1-18(12-25(22,23)21(2)17(19)20-18)15-8-4-6-13(10-15)14-7-5-9-16(11-14)24-3;1-17(11-24(22,23)21(2)16(19)20-17)14-7-3-5-12(9-14)13-6-4-8-15(18)10-13;1-15(8-25(22,23)21(2)14(18)20-15)11-4-12(24-13(11)16)10-3-9(5-17)6-19-7-10/h3-10H,12H2,1-2H3,(H2,20,21);4-11H,12H2,1-3H3,(H2,19,20);3-10H,11H2,1-2H3,(H2,19,20);3-4,6-7H,8H2,1-2H3,(H2,18,20)/t2*18-;17-;15-/m0000/s1. The summed E-state index contributed by atoms with van der Waals surface area (Å²) in [6, 6.07) is 51.3. The van der Waals surface area contributed by atoms with Crippen molar-refractivity contribution in [2.75, 3.05) is 58.3 Å². The van der Waals surface area contributed by atoms with Crippen LogP contribution in [-0.2, 0) is 62.2 Å². The van der Waals surface area contributed by atoms with Crippen molar-refractivity contribution >= 4 is 86.9 Å². The summed E-state index contributed by atoms with van der Waals surface area (Å²) in [4.78, 5) is 22.4. The maximum absolute atomic E-state index is 13.5. The van der Waals surface area contributed by atoms with E-state index in [1.54, 1.807) is 89.5 Å². The number of thiophene rings is 1. The minimum absolute atomic E-state index is 0.000494. The van der Waals surface area contributed by atoms with Crippen LogP contribution in [0.1, 0.15) is 61.1 Å². The Morgan fingerprint density at radius 2 is 0.808 bits per heavy atom. The summed E-state index contributed by atoms with van der Waals surface area (Å²) in [6.07, 6.45) is 3.09. The van der Waals surface area contributed by atoms with Gasteiger partial charge in [0.05, 0.1) is 51.7 Å². The maximum Gasteiger partial charge on any atom is 0.239 e. The number of ether oxygens (including phenoxy) is 1. The number of guanidine groups is 4. The Morgan fingerprint density at radius 1 is 0.465 bits per heavy atom. The summed E-state index contributed by atoms with van der Waals surface area (Å²) in [5, 5.41) is 18.1.